The van der Waals surface area contributed by atoms with Gasteiger partial charge in [0, 0.05) is 22.1 Å². The average molecular weight is 341 g/mol. The number of nitro benzene ring substituents is 1. The second-order valence-corrected chi connectivity index (χ2v) is 6.88. The van der Waals surface area contributed by atoms with E-state index < -0.39 is 0 Å². The largest absolute Gasteiger partial charge is 0.381 e. The Hall–Kier alpha value is -1.10. The minimum Gasteiger partial charge on any atom is -0.381 e. The average Bonchev–Trinajstić information content (AvgIpc) is 2.35. The SMILES string of the molecule is Cc1cc(Br)c(NC2CCC(C)CC2C)cc1[N+](=O)[O-]. The van der Waals surface area contributed by atoms with Crippen LogP contribution < -0.4 is 5.32 Å². The molecule has 1 saturated carbocycles. The molecule has 4 nitrogen and oxygen atoms in total. The van der Waals surface area contributed by atoms with E-state index in [1.807, 2.05) is 6.07 Å². The van der Waals surface area contributed by atoms with Crippen LogP contribution in [0.4, 0.5) is 11.4 Å². The van der Waals surface area contributed by atoms with Gasteiger partial charge in [0.1, 0.15) is 0 Å². The number of aryl methyl sites for hydroxylation is 1. The minimum atomic E-state index is -0.320. The Balaban J connectivity index is 2.21. The molecule has 0 bridgehead atoms. The molecule has 0 aromatic heterocycles. The van der Waals surface area contributed by atoms with E-state index in [4.69, 9.17) is 0 Å². The molecule has 0 radical (unpaired) electrons. The van der Waals surface area contributed by atoms with Gasteiger partial charge in [-0.3, -0.25) is 10.1 Å². The van der Waals surface area contributed by atoms with E-state index in [0.717, 1.165) is 22.5 Å². The maximum absolute atomic E-state index is 11.0. The van der Waals surface area contributed by atoms with Gasteiger partial charge in [-0.05, 0) is 60.0 Å². The summed E-state index contributed by atoms with van der Waals surface area (Å²) in [6.07, 6.45) is 3.55. The third-order valence-electron chi connectivity index (χ3n) is 4.25. The molecule has 0 saturated heterocycles. The molecule has 0 aliphatic heterocycles. The predicted molar refractivity (Wildman–Crippen MR) is 85.1 cm³/mol. The molecule has 0 spiro atoms. The smallest absolute Gasteiger partial charge is 0.274 e. The van der Waals surface area contributed by atoms with Crippen LogP contribution in [0, 0.1) is 28.9 Å². The molecule has 1 aliphatic rings. The molecule has 110 valence electrons. The number of hydrogen-bond donors (Lipinski definition) is 1. The Morgan fingerprint density at radius 3 is 2.65 bits per heavy atom. The molecule has 1 fully saturated rings. The van der Waals surface area contributed by atoms with Crippen LogP contribution >= 0.6 is 15.9 Å². The normalized spacial score (nSPS) is 26.3. The zero-order chi connectivity index (χ0) is 14.9. The van der Waals surface area contributed by atoms with Crippen LogP contribution in [0.15, 0.2) is 16.6 Å². The second kappa shape index (κ2) is 6.12. The summed E-state index contributed by atoms with van der Waals surface area (Å²) in [6.45, 7) is 6.31. The number of hydrogen-bond acceptors (Lipinski definition) is 3. The molecule has 5 heteroatoms. The molecular formula is C15H21BrN2O2. The van der Waals surface area contributed by atoms with Gasteiger partial charge in [-0.2, -0.15) is 0 Å². The quantitative estimate of drug-likeness (QED) is 0.628. The lowest BCUT2D eigenvalue weighted by Gasteiger charge is -2.34. The Bertz CT molecular complexity index is 519. The number of nitrogens with one attached hydrogen (secondary N) is 1. The Labute approximate surface area is 128 Å². The van der Waals surface area contributed by atoms with E-state index in [1.54, 1.807) is 13.0 Å². The number of rotatable bonds is 3. The van der Waals surface area contributed by atoms with Gasteiger partial charge in [0.2, 0.25) is 0 Å². The summed E-state index contributed by atoms with van der Waals surface area (Å²) in [6, 6.07) is 3.85. The summed E-state index contributed by atoms with van der Waals surface area (Å²) in [5, 5.41) is 14.5. The first-order valence-corrected chi connectivity index (χ1v) is 7.89. The molecule has 3 unspecified atom stereocenters. The second-order valence-electron chi connectivity index (χ2n) is 6.02. The van der Waals surface area contributed by atoms with E-state index in [1.165, 1.54) is 12.8 Å². The number of anilines is 1. The number of nitro groups is 1. The topological polar surface area (TPSA) is 55.2 Å². The van der Waals surface area contributed by atoms with Crippen LogP contribution in [0.25, 0.3) is 0 Å². The lowest BCUT2D eigenvalue weighted by molar-refractivity contribution is -0.385. The summed E-state index contributed by atoms with van der Waals surface area (Å²) >= 11 is 3.50. The highest BCUT2D eigenvalue weighted by molar-refractivity contribution is 9.10. The predicted octanol–water partition coefficient (Wildman–Crippen LogP) is 4.90. The molecule has 1 aromatic carbocycles. The molecule has 3 atom stereocenters. The molecule has 2 rings (SSSR count). The van der Waals surface area contributed by atoms with Gasteiger partial charge in [-0.25, -0.2) is 0 Å². The van der Waals surface area contributed by atoms with Crippen molar-refractivity contribution in [1.82, 2.24) is 0 Å². The summed E-state index contributed by atoms with van der Waals surface area (Å²) in [4.78, 5) is 10.7. The van der Waals surface area contributed by atoms with E-state index in [2.05, 4.69) is 35.1 Å². The molecule has 0 heterocycles. The van der Waals surface area contributed by atoms with Crippen LogP contribution in [0.3, 0.4) is 0 Å². The zero-order valence-corrected chi connectivity index (χ0v) is 13.7. The van der Waals surface area contributed by atoms with Crippen molar-refractivity contribution in [2.45, 2.75) is 46.1 Å². The molecule has 1 aromatic rings. The van der Waals surface area contributed by atoms with Crippen LogP contribution in [0.1, 0.15) is 38.7 Å². The highest BCUT2D eigenvalue weighted by Crippen LogP contribution is 2.35. The maximum atomic E-state index is 11.0. The Kier molecular flexibility index (Phi) is 4.68. The first-order valence-electron chi connectivity index (χ1n) is 7.09. The summed E-state index contributed by atoms with van der Waals surface area (Å²) < 4.78 is 0.895. The van der Waals surface area contributed by atoms with Crippen LogP contribution in [-0.4, -0.2) is 11.0 Å². The first-order chi connectivity index (χ1) is 9.38. The summed E-state index contributed by atoms with van der Waals surface area (Å²) in [5.41, 5.74) is 1.68. The molecular weight excluding hydrogens is 320 g/mol. The zero-order valence-electron chi connectivity index (χ0n) is 12.1. The third kappa shape index (κ3) is 3.32. The van der Waals surface area contributed by atoms with Crippen molar-refractivity contribution in [1.29, 1.82) is 0 Å². The van der Waals surface area contributed by atoms with E-state index in [-0.39, 0.29) is 10.6 Å². The maximum Gasteiger partial charge on any atom is 0.274 e. The number of halogens is 1. The standard InChI is InChI=1S/C15H21BrN2O2/c1-9-4-5-13(10(2)6-9)17-14-8-15(18(19)20)11(3)7-12(14)16/h7-10,13,17H,4-6H2,1-3H3. The van der Waals surface area contributed by atoms with Gasteiger partial charge >= 0.3 is 0 Å². The van der Waals surface area contributed by atoms with Crippen molar-refractivity contribution in [3.8, 4) is 0 Å². The van der Waals surface area contributed by atoms with Crippen molar-refractivity contribution in [2.75, 3.05) is 5.32 Å². The van der Waals surface area contributed by atoms with Crippen molar-refractivity contribution in [3.63, 3.8) is 0 Å². The fraction of sp³-hybridized carbons (Fsp3) is 0.600. The van der Waals surface area contributed by atoms with Gasteiger partial charge in [-0.15, -0.1) is 0 Å². The molecule has 0 amide bonds. The van der Waals surface area contributed by atoms with Gasteiger partial charge in [0.05, 0.1) is 10.6 Å². The van der Waals surface area contributed by atoms with Crippen molar-refractivity contribution >= 4 is 27.3 Å². The van der Waals surface area contributed by atoms with Gasteiger partial charge in [0.15, 0.2) is 0 Å². The highest BCUT2D eigenvalue weighted by Gasteiger charge is 2.26. The molecule has 1 N–H and O–H groups in total. The van der Waals surface area contributed by atoms with Crippen molar-refractivity contribution in [3.05, 3.63) is 32.3 Å². The summed E-state index contributed by atoms with van der Waals surface area (Å²) in [5.74, 6) is 1.37. The fourth-order valence-electron chi connectivity index (χ4n) is 3.05. The molecule has 20 heavy (non-hydrogen) atoms. The lowest BCUT2D eigenvalue weighted by Crippen LogP contribution is -2.33. The van der Waals surface area contributed by atoms with Gasteiger partial charge in [-0.1, -0.05) is 13.8 Å². The Morgan fingerprint density at radius 1 is 1.35 bits per heavy atom. The van der Waals surface area contributed by atoms with Crippen molar-refractivity contribution < 1.29 is 4.92 Å². The van der Waals surface area contributed by atoms with Gasteiger partial charge < -0.3 is 5.32 Å². The van der Waals surface area contributed by atoms with E-state index in [0.29, 0.717) is 17.5 Å². The van der Waals surface area contributed by atoms with E-state index >= 15 is 0 Å². The van der Waals surface area contributed by atoms with Crippen LogP contribution in [-0.2, 0) is 0 Å². The highest BCUT2D eigenvalue weighted by atomic mass is 79.9. The first kappa shape index (κ1) is 15.3. The number of nitrogens with zero attached hydrogens (tertiary/aromatic N) is 1. The third-order valence-corrected chi connectivity index (χ3v) is 4.91. The fourth-order valence-corrected chi connectivity index (χ4v) is 3.62. The van der Waals surface area contributed by atoms with Gasteiger partial charge in [0.25, 0.3) is 5.69 Å². The monoisotopic (exact) mass is 340 g/mol. The minimum absolute atomic E-state index is 0.174. The number of benzene rings is 1. The van der Waals surface area contributed by atoms with Crippen molar-refractivity contribution in [2.24, 2.45) is 11.8 Å². The summed E-state index contributed by atoms with van der Waals surface area (Å²) in [7, 11) is 0. The lowest BCUT2D eigenvalue weighted by atomic mass is 9.80. The van der Waals surface area contributed by atoms with Crippen LogP contribution in [0.2, 0.25) is 0 Å². The molecule has 1 aliphatic carbocycles. The van der Waals surface area contributed by atoms with Crippen LogP contribution in [0.5, 0.6) is 0 Å². The Morgan fingerprint density at radius 2 is 2.05 bits per heavy atom. The van der Waals surface area contributed by atoms with E-state index in [9.17, 15) is 10.1 Å².